The second-order valence-electron chi connectivity index (χ2n) is 5.94. The van der Waals surface area contributed by atoms with Crippen LogP contribution in [0.25, 0.3) is 0 Å². The van der Waals surface area contributed by atoms with Gasteiger partial charge in [-0.1, -0.05) is 54.6 Å². The molecule has 0 spiro atoms. The standard InChI is InChI=1S/C21H18BrO2P/c1-21(22,20(23)24)25(17-11-5-2-6-12-17,18-13-7-3-8-14-18)19-15-9-4-10-16-19/h2-16H,1H3/p+1. The number of carboxylic acid groups (broad SMARTS) is 1. The zero-order valence-corrected chi connectivity index (χ0v) is 16.3. The van der Waals surface area contributed by atoms with Crippen molar-refractivity contribution in [2.75, 3.05) is 0 Å². The second kappa shape index (κ2) is 7.11. The summed E-state index contributed by atoms with van der Waals surface area (Å²) in [6.45, 7) is 1.77. The van der Waals surface area contributed by atoms with Crippen LogP contribution in [0.5, 0.6) is 0 Å². The van der Waals surface area contributed by atoms with E-state index in [-0.39, 0.29) is 0 Å². The average molecular weight is 414 g/mol. The molecule has 126 valence electrons. The van der Waals surface area contributed by atoms with Crippen molar-refractivity contribution in [3.05, 3.63) is 91.0 Å². The van der Waals surface area contributed by atoms with Crippen molar-refractivity contribution in [3.8, 4) is 0 Å². The lowest BCUT2D eigenvalue weighted by Crippen LogP contribution is -2.46. The van der Waals surface area contributed by atoms with Crippen LogP contribution in [0, 0.1) is 0 Å². The number of alkyl halides is 1. The number of carboxylic acids is 1. The van der Waals surface area contributed by atoms with Crippen LogP contribution in [-0.2, 0) is 4.79 Å². The van der Waals surface area contributed by atoms with Gasteiger partial charge in [0.25, 0.3) is 0 Å². The lowest BCUT2D eigenvalue weighted by Gasteiger charge is -2.36. The molecular formula is C21H19BrO2P+. The maximum atomic E-state index is 12.4. The maximum absolute atomic E-state index is 12.4. The molecule has 3 rings (SSSR count). The molecule has 1 unspecified atom stereocenters. The Morgan fingerprint density at radius 2 is 1.04 bits per heavy atom. The molecule has 0 aliphatic carbocycles. The second-order valence-corrected chi connectivity index (χ2v) is 11.9. The highest BCUT2D eigenvalue weighted by Gasteiger charge is 2.63. The lowest BCUT2D eigenvalue weighted by atomic mass is 10.3. The highest BCUT2D eigenvalue weighted by molar-refractivity contribution is 9.11. The predicted octanol–water partition coefficient (Wildman–Crippen LogP) is 4.18. The molecule has 3 aromatic carbocycles. The van der Waals surface area contributed by atoms with E-state index in [4.69, 9.17) is 0 Å². The predicted molar refractivity (Wildman–Crippen MR) is 110 cm³/mol. The molecule has 0 bridgehead atoms. The fraction of sp³-hybridized carbons (Fsp3) is 0.0952. The lowest BCUT2D eigenvalue weighted by molar-refractivity contribution is -0.136. The molecule has 1 N–H and O–H groups in total. The van der Waals surface area contributed by atoms with Gasteiger partial charge in [-0.3, -0.25) is 0 Å². The summed E-state index contributed by atoms with van der Waals surface area (Å²) in [5, 5.41) is 13.3. The van der Waals surface area contributed by atoms with Gasteiger partial charge in [0.2, 0.25) is 4.07 Å². The van der Waals surface area contributed by atoms with Crippen molar-refractivity contribution in [1.29, 1.82) is 0 Å². The first-order chi connectivity index (χ1) is 12.0. The van der Waals surface area contributed by atoms with Gasteiger partial charge >= 0.3 is 5.97 Å². The molecule has 3 aromatic rings. The Balaban J connectivity index is 2.47. The Kier molecular flexibility index (Phi) is 5.08. The van der Waals surface area contributed by atoms with E-state index in [2.05, 4.69) is 15.9 Å². The number of benzene rings is 3. The monoisotopic (exact) mass is 413 g/mol. The number of halogens is 1. The highest BCUT2D eigenvalue weighted by Crippen LogP contribution is 2.68. The van der Waals surface area contributed by atoms with Crippen LogP contribution in [0.15, 0.2) is 91.0 Å². The Morgan fingerprint density at radius 1 is 0.760 bits per heavy atom. The van der Waals surface area contributed by atoms with Crippen LogP contribution in [0.4, 0.5) is 0 Å². The van der Waals surface area contributed by atoms with Crippen molar-refractivity contribution < 1.29 is 9.90 Å². The number of rotatable bonds is 5. The Hall–Kier alpha value is -1.96. The van der Waals surface area contributed by atoms with E-state index in [0.717, 1.165) is 15.9 Å². The number of hydrogen-bond acceptors (Lipinski definition) is 1. The maximum Gasteiger partial charge on any atom is 0.359 e. The smallest absolute Gasteiger partial charge is 0.359 e. The summed E-state index contributed by atoms with van der Waals surface area (Å²) in [7, 11) is -2.50. The van der Waals surface area contributed by atoms with E-state index in [1.165, 1.54) is 0 Å². The fourth-order valence-electron chi connectivity index (χ4n) is 3.27. The normalized spacial score (nSPS) is 13.8. The average Bonchev–Trinajstić information content (AvgIpc) is 2.65. The molecule has 0 amide bonds. The van der Waals surface area contributed by atoms with Gasteiger partial charge in [0, 0.05) is 0 Å². The molecular weight excluding hydrogens is 395 g/mol. The van der Waals surface area contributed by atoms with Gasteiger partial charge in [0.1, 0.15) is 23.2 Å². The van der Waals surface area contributed by atoms with Gasteiger partial charge in [-0.2, -0.15) is 0 Å². The van der Waals surface area contributed by atoms with Crippen LogP contribution in [0.1, 0.15) is 6.92 Å². The van der Waals surface area contributed by atoms with Crippen molar-refractivity contribution >= 4 is 45.1 Å². The summed E-state index contributed by atoms with van der Waals surface area (Å²) in [4.78, 5) is 12.4. The minimum absolute atomic E-state index is 0.864. The molecule has 0 heterocycles. The van der Waals surface area contributed by atoms with Crippen LogP contribution in [0.2, 0.25) is 0 Å². The Labute approximate surface area is 157 Å². The van der Waals surface area contributed by atoms with E-state index in [1.54, 1.807) is 6.92 Å². The zero-order valence-electron chi connectivity index (χ0n) is 13.8. The third-order valence-corrected chi connectivity index (χ3v) is 11.1. The fourth-order valence-corrected chi connectivity index (χ4v) is 9.61. The Bertz CT molecular complexity index is 752. The molecule has 25 heavy (non-hydrogen) atoms. The molecule has 0 aromatic heterocycles. The van der Waals surface area contributed by atoms with Gasteiger partial charge in [0.05, 0.1) is 0 Å². The van der Waals surface area contributed by atoms with Crippen molar-refractivity contribution in [3.63, 3.8) is 0 Å². The summed E-state index contributed by atoms with van der Waals surface area (Å²) in [5.74, 6) is -0.864. The number of aliphatic carboxylic acids is 1. The minimum Gasteiger partial charge on any atom is -0.477 e. The van der Waals surface area contributed by atoms with Crippen LogP contribution < -0.4 is 15.9 Å². The SMILES string of the molecule is CC(Br)(C(=O)O)[P+](c1ccccc1)(c1ccccc1)c1ccccc1. The molecule has 0 saturated carbocycles. The first-order valence-corrected chi connectivity index (χ1v) is 10.6. The molecule has 1 atom stereocenters. The van der Waals surface area contributed by atoms with Crippen molar-refractivity contribution in [2.24, 2.45) is 0 Å². The zero-order chi connectivity index (χ0) is 17.9. The molecule has 0 aliphatic rings. The largest absolute Gasteiger partial charge is 0.477 e. The van der Waals surface area contributed by atoms with E-state index in [9.17, 15) is 9.90 Å². The molecule has 0 saturated heterocycles. The third-order valence-electron chi connectivity index (χ3n) is 4.45. The first kappa shape index (κ1) is 17.8. The van der Waals surface area contributed by atoms with Gasteiger partial charge in [-0.25, -0.2) is 4.79 Å². The first-order valence-electron chi connectivity index (χ1n) is 7.99. The summed E-state index contributed by atoms with van der Waals surface area (Å²) < 4.78 is -1.13. The van der Waals surface area contributed by atoms with Gasteiger partial charge in [-0.05, 0) is 59.3 Å². The van der Waals surface area contributed by atoms with Crippen LogP contribution in [-0.4, -0.2) is 15.1 Å². The number of hydrogen-bond donors (Lipinski definition) is 1. The quantitative estimate of drug-likeness (QED) is 0.503. The summed E-state index contributed by atoms with van der Waals surface area (Å²) in [5.41, 5.74) is 0. The number of carbonyl (C=O) groups is 1. The molecule has 0 radical (unpaired) electrons. The van der Waals surface area contributed by atoms with E-state index in [0.29, 0.717) is 0 Å². The molecule has 0 aliphatic heterocycles. The molecule has 2 nitrogen and oxygen atoms in total. The Morgan fingerprint density at radius 3 is 1.28 bits per heavy atom. The van der Waals surface area contributed by atoms with E-state index in [1.807, 2.05) is 91.0 Å². The third kappa shape index (κ3) is 2.92. The summed E-state index contributed by atoms with van der Waals surface area (Å²) in [6.07, 6.45) is 0. The van der Waals surface area contributed by atoms with Gasteiger partial charge in [-0.15, -0.1) is 0 Å². The van der Waals surface area contributed by atoms with E-state index >= 15 is 0 Å². The van der Waals surface area contributed by atoms with Crippen LogP contribution in [0.3, 0.4) is 0 Å². The topological polar surface area (TPSA) is 37.3 Å². The minimum atomic E-state index is -2.50. The molecule has 4 heteroatoms. The summed E-state index contributed by atoms with van der Waals surface area (Å²) >= 11 is 3.63. The van der Waals surface area contributed by atoms with Crippen molar-refractivity contribution in [2.45, 2.75) is 11.0 Å². The van der Waals surface area contributed by atoms with Crippen molar-refractivity contribution in [1.82, 2.24) is 0 Å². The van der Waals surface area contributed by atoms with Crippen LogP contribution >= 0.6 is 23.2 Å². The highest BCUT2D eigenvalue weighted by atomic mass is 79.9. The molecule has 0 fully saturated rings. The summed E-state index contributed by atoms with van der Waals surface area (Å²) in [6, 6.07) is 29.9. The van der Waals surface area contributed by atoms with E-state index < -0.39 is 17.3 Å². The van der Waals surface area contributed by atoms with Gasteiger partial charge in [0.15, 0.2) is 0 Å². The van der Waals surface area contributed by atoms with Gasteiger partial charge < -0.3 is 5.11 Å².